The fourth-order valence-corrected chi connectivity index (χ4v) is 2.29. The molecule has 4 nitrogen and oxygen atoms in total. The number of nitrogens with zero attached hydrogens (tertiary/aromatic N) is 2. The van der Waals surface area contributed by atoms with Crippen LogP contribution in [0, 0.1) is 12.7 Å². The molecule has 0 aliphatic heterocycles. The highest BCUT2D eigenvalue weighted by Gasteiger charge is 2.17. The van der Waals surface area contributed by atoms with E-state index in [0.29, 0.717) is 23.5 Å². The Hall–Kier alpha value is -2.56. The molecule has 0 spiro atoms. The Morgan fingerprint density at radius 1 is 1.24 bits per heavy atom. The van der Waals surface area contributed by atoms with Gasteiger partial charge in [-0.05, 0) is 38.1 Å². The second-order valence-electron chi connectivity index (χ2n) is 4.70. The average molecular weight is 287 g/mol. The smallest absolute Gasteiger partial charge is 0.172 e. The van der Waals surface area contributed by atoms with Gasteiger partial charge >= 0.3 is 0 Å². The number of hydrogen-bond donors (Lipinski definition) is 2. The monoisotopic (exact) mass is 287 g/mol. The Morgan fingerprint density at radius 3 is 2.57 bits per heavy atom. The van der Waals surface area contributed by atoms with Gasteiger partial charge in [0.15, 0.2) is 5.84 Å². The summed E-state index contributed by atoms with van der Waals surface area (Å²) in [5.41, 5.74) is 8.45. The van der Waals surface area contributed by atoms with E-state index in [1.54, 1.807) is 23.1 Å². The Morgan fingerprint density at radius 2 is 1.95 bits per heavy atom. The number of benzene rings is 2. The lowest BCUT2D eigenvalue weighted by molar-refractivity contribution is 0.318. The molecule has 21 heavy (non-hydrogen) atoms. The first-order valence-electron chi connectivity index (χ1n) is 6.69. The summed E-state index contributed by atoms with van der Waals surface area (Å²) in [6.45, 7) is 4.38. The number of amidine groups is 1. The third-order valence-corrected chi connectivity index (χ3v) is 3.29. The Bertz CT molecular complexity index is 670. The van der Waals surface area contributed by atoms with Gasteiger partial charge in [-0.15, -0.1) is 0 Å². The Kier molecular flexibility index (Phi) is 4.42. The molecule has 0 bridgehead atoms. The lowest BCUT2D eigenvalue weighted by Gasteiger charge is -2.26. The quantitative estimate of drug-likeness (QED) is 0.392. The van der Waals surface area contributed by atoms with Gasteiger partial charge < -0.3 is 15.8 Å². The van der Waals surface area contributed by atoms with Crippen LogP contribution in [0.2, 0.25) is 0 Å². The molecule has 0 radical (unpaired) electrons. The zero-order valence-corrected chi connectivity index (χ0v) is 12.0. The van der Waals surface area contributed by atoms with E-state index >= 15 is 0 Å². The average Bonchev–Trinajstić information content (AvgIpc) is 2.50. The molecular formula is C16H18FN3O. The number of aryl methyl sites for hydroxylation is 1. The van der Waals surface area contributed by atoms with Crippen molar-refractivity contribution in [3.63, 3.8) is 0 Å². The molecule has 0 amide bonds. The summed E-state index contributed by atoms with van der Waals surface area (Å²) in [4.78, 5) is 1.79. The predicted molar refractivity (Wildman–Crippen MR) is 82.8 cm³/mol. The molecule has 0 aromatic heterocycles. The molecule has 0 atom stereocenters. The summed E-state index contributed by atoms with van der Waals surface area (Å²) < 4.78 is 14.1. The van der Waals surface area contributed by atoms with E-state index < -0.39 is 0 Å². The molecule has 0 saturated carbocycles. The van der Waals surface area contributed by atoms with Crippen LogP contribution in [0.1, 0.15) is 18.1 Å². The Balaban J connectivity index is 2.61. The topological polar surface area (TPSA) is 61.8 Å². The van der Waals surface area contributed by atoms with Crippen LogP contribution < -0.4 is 10.6 Å². The van der Waals surface area contributed by atoms with E-state index in [9.17, 15) is 4.39 Å². The first kappa shape index (κ1) is 14.8. The first-order valence-corrected chi connectivity index (χ1v) is 6.69. The van der Waals surface area contributed by atoms with Crippen LogP contribution in [0.25, 0.3) is 0 Å². The van der Waals surface area contributed by atoms with Crippen LogP contribution in [0.15, 0.2) is 47.6 Å². The minimum atomic E-state index is -0.314. The van der Waals surface area contributed by atoms with Gasteiger partial charge in [0.1, 0.15) is 5.82 Å². The highest BCUT2D eigenvalue weighted by atomic mass is 19.1. The zero-order valence-electron chi connectivity index (χ0n) is 12.0. The standard InChI is InChI=1S/C16H18FN3O/c1-3-20(15-7-5-4-6-13(15)17)14-9-8-11(2)10-12(14)16(18)19-21/h4-10,21H,3H2,1-2H3,(H2,18,19). The highest BCUT2D eigenvalue weighted by Crippen LogP contribution is 2.30. The number of para-hydroxylation sites is 1. The van der Waals surface area contributed by atoms with E-state index in [-0.39, 0.29) is 11.7 Å². The fourth-order valence-electron chi connectivity index (χ4n) is 2.29. The zero-order chi connectivity index (χ0) is 15.4. The van der Waals surface area contributed by atoms with E-state index in [4.69, 9.17) is 10.9 Å². The van der Waals surface area contributed by atoms with Crippen LogP contribution in [0.3, 0.4) is 0 Å². The SMILES string of the molecule is CCN(c1ccccc1F)c1ccc(C)cc1/C(N)=N/O. The molecule has 5 heteroatoms. The largest absolute Gasteiger partial charge is 0.409 e. The van der Waals surface area contributed by atoms with Crippen molar-refractivity contribution >= 4 is 17.2 Å². The second kappa shape index (κ2) is 6.26. The van der Waals surface area contributed by atoms with Crippen molar-refractivity contribution in [1.82, 2.24) is 0 Å². The summed E-state index contributed by atoms with van der Waals surface area (Å²) in [7, 11) is 0. The third kappa shape index (κ3) is 2.97. The minimum Gasteiger partial charge on any atom is -0.409 e. The molecule has 2 aromatic rings. The molecule has 0 fully saturated rings. The maximum Gasteiger partial charge on any atom is 0.172 e. The first-order chi connectivity index (χ1) is 10.1. The van der Waals surface area contributed by atoms with Gasteiger partial charge in [-0.2, -0.15) is 0 Å². The van der Waals surface area contributed by atoms with Crippen molar-refractivity contribution in [1.29, 1.82) is 0 Å². The van der Waals surface area contributed by atoms with Crippen molar-refractivity contribution in [3.8, 4) is 0 Å². The molecule has 0 aliphatic rings. The van der Waals surface area contributed by atoms with Crippen molar-refractivity contribution in [3.05, 3.63) is 59.4 Å². The summed E-state index contributed by atoms with van der Waals surface area (Å²) in [5, 5.41) is 12.0. The second-order valence-corrected chi connectivity index (χ2v) is 4.70. The van der Waals surface area contributed by atoms with Gasteiger partial charge in [-0.25, -0.2) is 4.39 Å². The molecular weight excluding hydrogens is 269 g/mol. The van der Waals surface area contributed by atoms with Crippen molar-refractivity contribution in [2.45, 2.75) is 13.8 Å². The number of oxime groups is 1. The molecule has 0 heterocycles. The predicted octanol–water partition coefficient (Wildman–Crippen LogP) is 3.39. The summed E-state index contributed by atoms with van der Waals surface area (Å²) in [6.07, 6.45) is 0. The number of anilines is 2. The van der Waals surface area contributed by atoms with Crippen LogP contribution in [-0.4, -0.2) is 17.6 Å². The normalized spacial score (nSPS) is 11.5. The van der Waals surface area contributed by atoms with Crippen molar-refractivity contribution < 1.29 is 9.60 Å². The van der Waals surface area contributed by atoms with E-state index in [0.717, 1.165) is 5.56 Å². The van der Waals surface area contributed by atoms with E-state index in [1.165, 1.54) is 6.07 Å². The van der Waals surface area contributed by atoms with Crippen molar-refractivity contribution in [2.75, 3.05) is 11.4 Å². The number of hydrogen-bond acceptors (Lipinski definition) is 3. The highest BCUT2D eigenvalue weighted by molar-refractivity contribution is 6.03. The van der Waals surface area contributed by atoms with Gasteiger partial charge in [0.25, 0.3) is 0 Å². The minimum absolute atomic E-state index is 0.00323. The lowest BCUT2D eigenvalue weighted by Crippen LogP contribution is -2.23. The third-order valence-electron chi connectivity index (χ3n) is 3.29. The van der Waals surface area contributed by atoms with Crippen LogP contribution in [-0.2, 0) is 0 Å². The number of nitrogens with two attached hydrogens (primary N) is 1. The van der Waals surface area contributed by atoms with Gasteiger partial charge in [-0.1, -0.05) is 28.9 Å². The molecule has 0 unspecified atom stereocenters. The summed E-state index contributed by atoms with van der Waals surface area (Å²) >= 11 is 0. The molecule has 110 valence electrons. The van der Waals surface area contributed by atoms with E-state index in [2.05, 4.69) is 5.16 Å². The van der Waals surface area contributed by atoms with Crippen LogP contribution in [0.5, 0.6) is 0 Å². The van der Waals surface area contributed by atoms with Gasteiger partial charge in [-0.3, -0.25) is 0 Å². The van der Waals surface area contributed by atoms with Gasteiger partial charge in [0.05, 0.1) is 11.4 Å². The van der Waals surface area contributed by atoms with E-state index in [1.807, 2.05) is 32.0 Å². The van der Waals surface area contributed by atoms with Crippen LogP contribution >= 0.6 is 0 Å². The summed E-state index contributed by atoms with van der Waals surface area (Å²) in [6, 6.07) is 12.1. The molecule has 2 rings (SSSR count). The summed E-state index contributed by atoms with van der Waals surface area (Å²) in [5.74, 6) is -0.311. The number of rotatable bonds is 4. The molecule has 0 aliphatic carbocycles. The maximum atomic E-state index is 14.1. The maximum absolute atomic E-state index is 14.1. The van der Waals surface area contributed by atoms with Crippen LogP contribution in [0.4, 0.5) is 15.8 Å². The van der Waals surface area contributed by atoms with Gasteiger partial charge in [0.2, 0.25) is 0 Å². The molecule has 3 N–H and O–H groups in total. The number of halogens is 1. The Labute approximate surface area is 123 Å². The van der Waals surface area contributed by atoms with Gasteiger partial charge in [0, 0.05) is 12.1 Å². The lowest BCUT2D eigenvalue weighted by atomic mass is 10.1. The molecule has 2 aromatic carbocycles. The van der Waals surface area contributed by atoms with Crippen molar-refractivity contribution in [2.24, 2.45) is 10.9 Å². The fraction of sp³-hybridized carbons (Fsp3) is 0.188. The molecule has 0 saturated heterocycles.